The van der Waals surface area contributed by atoms with Crippen LogP contribution >= 0.6 is 11.6 Å². The van der Waals surface area contributed by atoms with E-state index in [0.717, 1.165) is 13.0 Å². The monoisotopic (exact) mass is 380 g/mol. The summed E-state index contributed by atoms with van der Waals surface area (Å²) in [5.74, 6) is -1.04. The summed E-state index contributed by atoms with van der Waals surface area (Å²) >= 11 is 5.92. The Bertz CT molecular complexity index is 811. The molecular formula is C19H19ClF2N2O2. The number of anilines is 1. The molecule has 0 saturated carbocycles. The highest BCUT2D eigenvalue weighted by atomic mass is 35.5. The summed E-state index contributed by atoms with van der Waals surface area (Å²) in [6, 6.07) is 7.88. The maximum Gasteiger partial charge on any atom is 0.414 e. The van der Waals surface area contributed by atoms with E-state index >= 15 is 0 Å². The van der Waals surface area contributed by atoms with Gasteiger partial charge in [-0.25, -0.2) is 13.6 Å². The smallest absolute Gasteiger partial charge is 0.414 e. The predicted octanol–water partition coefficient (Wildman–Crippen LogP) is 4.56. The van der Waals surface area contributed by atoms with Crippen molar-refractivity contribution in [3.63, 3.8) is 0 Å². The van der Waals surface area contributed by atoms with Crippen LogP contribution in [0.4, 0.5) is 19.3 Å². The second-order valence-electron chi connectivity index (χ2n) is 6.44. The molecule has 0 N–H and O–H groups in total. The predicted molar refractivity (Wildman–Crippen MR) is 97.6 cm³/mol. The van der Waals surface area contributed by atoms with E-state index in [4.69, 9.17) is 16.3 Å². The quantitative estimate of drug-likeness (QED) is 0.782. The van der Waals surface area contributed by atoms with Crippen LogP contribution in [0.3, 0.4) is 0 Å². The first-order valence-corrected chi connectivity index (χ1v) is 8.60. The fraction of sp³-hybridized carbons (Fsp3) is 0.316. The number of benzene rings is 2. The lowest BCUT2D eigenvalue weighted by molar-refractivity contribution is 0.110. The summed E-state index contributed by atoms with van der Waals surface area (Å²) in [6.07, 6.45) is 0.0504. The van der Waals surface area contributed by atoms with E-state index in [1.807, 2.05) is 7.05 Å². The number of hydrogen-bond acceptors (Lipinski definition) is 3. The Morgan fingerprint density at radius 1 is 1.23 bits per heavy atom. The normalized spacial score (nSPS) is 17.3. The molecule has 1 aliphatic heterocycles. The second-order valence-corrected chi connectivity index (χ2v) is 6.87. The third-order valence-electron chi connectivity index (χ3n) is 4.38. The van der Waals surface area contributed by atoms with Gasteiger partial charge in [0.05, 0.1) is 5.69 Å². The van der Waals surface area contributed by atoms with E-state index in [9.17, 15) is 13.6 Å². The van der Waals surface area contributed by atoms with Crippen molar-refractivity contribution in [2.75, 3.05) is 32.1 Å². The molecule has 26 heavy (non-hydrogen) atoms. The largest absolute Gasteiger partial charge is 0.444 e. The zero-order valence-corrected chi connectivity index (χ0v) is 15.3. The molecule has 2 aromatic rings. The number of likely N-dealkylation sites (tertiary alicyclic amines) is 1. The van der Waals surface area contributed by atoms with Crippen molar-refractivity contribution in [3.8, 4) is 11.1 Å². The van der Waals surface area contributed by atoms with Gasteiger partial charge in [-0.1, -0.05) is 11.6 Å². The molecule has 3 rings (SSSR count). The van der Waals surface area contributed by atoms with Crippen molar-refractivity contribution in [2.24, 2.45) is 0 Å². The molecule has 1 aliphatic rings. The third-order valence-corrected chi connectivity index (χ3v) is 4.60. The zero-order chi connectivity index (χ0) is 18.8. The Labute approximate surface area is 155 Å². The van der Waals surface area contributed by atoms with Crippen molar-refractivity contribution in [1.82, 2.24) is 4.90 Å². The van der Waals surface area contributed by atoms with Gasteiger partial charge >= 0.3 is 6.09 Å². The summed E-state index contributed by atoms with van der Waals surface area (Å²) in [5, 5.41) is 0.189. The first-order chi connectivity index (χ1) is 12.3. The molecule has 1 heterocycles. The Hall–Kier alpha value is -2.18. The molecule has 0 aromatic heterocycles. The molecular weight excluding hydrogens is 362 g/mol. The lowest BCUT2D eigenvalue weighted by Crippen LogP contribution is -2.32. The van der Waals surface area contributed by atoms with E-state index in [0.29, 0.717) is 23.4 Å². The van der Waals surface area contributed by atoms with Crippen LogP contribution in [0, 0.1) is 11.6 Å². The van der Waals surface area contributed by atoms with E-state index in [2.05, 4.69) is 4.90 Å². The SMILES string of the molecule is CN1CC[C@H](OC(=O)N(C)c2ccc(F)cc2-c2cc(F)cc(Cl)c2)C1. The minimum atomic E-state index is -0.541. The molecule has 0 unspecified atom stereocenters. The molecule has 0 spiro atoms. The van der Waals surface area contributed by atoms with E-state index in [-0.39, 0.29) is 11.1 Å². The van der Waals surface area contributed by atoms with Crippen LogP contribution in [0.1, 0.15) is 6.42 Å². The molecule has 2 aromatic carbocycles. The molecule has 4 nitrogen and oxygen atoms in total. The fourth-order valence-electron chi connectivity index (χ4n) is 3.05. The zero-order valence-electron chi connectivity index (χ0n) is 14.5. The second kappa shape index (κ2) is 7.60. The Morgan fingerprint density at radius 3 is 2.65 bits per heavy atom. The molecule has 1 fully saturated rings. The lowest BCUT2D eigenvalue weighted by Gasteiger charge is -2.23. The molecule has 0 aliphatic carbocycles. The number of ether oxygens (including phenoxy) is 1. The number of carbonyl (C=O) groups is 1. The number of hydrogen-bond donors (Lipinski definition) is 0. The summed E-state index contributed by atoms with van der Waals surface area (Å²) in [6.45, 7) is 1.54. The van der Waals surface area contributed by atoms with Gasteiger partial charge in [0.1, 0.15) is 17.7 Å². The van der Waals surface area contributed by atoms with Gasteiger partial charge in [0, 0.05) is 30.7 Å². The molecule has 1 saturated heterocycles. The highest BCUT2D eigenvalue weighted by Crippen LogP contribution is 2.33. The van der Waals surface area contributed by atoms with Gasteiger partial charge in [-0.3, -0.25) is 4.90 Å². The van der Waals surface area contributed by atoms with Crippen LogP contribution in [0.2, 0.25) is 5.02 Å². The molecule has 1 atom stereocenters. The number of amides is 1. The summed E-state index contributed by atoms with van der Waals surface area (Å²) in [5.41, 5.74) is 1.14. The van der Waals surface area contributed by atoms with E-state index in [1.165, 1.54) is 41.3 Å². The van der Waals surface area contributed by atoms with Gasteiger partial charge in [0.25, 0.3) is 0 Å². The highest BCUT2D eigenvalue weighted by molar-refractivity contribution is 6.30. The van der Waals surface area contributed by atoms with Gasteiger partial charge < -0.3 is 9.64 Å². The van der Waals surface area contributed by atoms with Gasteiger partial charge in [0.15, 0.2) is 0 Å². The van der Waals surface area contributed by atoms with Crippen LogP contribution in [0.15, 0.2) is 36.4 Å². The summed E-state index contributed by atoms with van der Waals surface area (Å²) in [4.78, 5) is 15.9. The standard InChI is InChI=1S/C19H19ClF2N2O2/c1-23-6-5-16(11-23)26-19(25)24(2)18-4-3-14(21)10-17(18)12-7-13(20)9-15(22)8-12/h3-4,7-10,16H,5-6,11H2,1-2H3/t16-/m0/s1. The Balaban J connectivity index is 1.90. The van der Waals surface area contributed by atoms with Crippen LogP contribution in [-0.2, 0) is 4.74 Å². The van der Waals surface area contributed by atoms with Crippen LogP contribution in [0.5, 0.6) is 0 Å². The minimum absolute atomic E-state index is 0.178. The van der Waals surface area contributed by atoms with E-state index < -0.39 is 17.7 Å². The first-order valence-electron chi connectivity index (χ1n) is 8.22. The maximum absolute atomic E-state index is 13.8. The molecule has 1 amide bonds. The van der Waals surface area contributed by atoms with Crippen molar-refractivity contribution < 1.29 is 18.3 Å². The Morgan fingerprint density at radius 2 is 2.00 bits per heavy atom. The first kappa shape index (κ1) is 18.6. The number of nitrogens with zero attached hydrogens (tertiary/aromatic N) is 2. The lowest BCUT2D eigenvalue weighted by atomic mass is 10.0. The number of halogens is 3. The summed E-state index contributed by atoms with van der Waals surface area (Å²) in [7, 11) is 3.50. The fourth-order valence-corrected chi connectivity index (χ4v) is 3.27. The maximum atomic E-state index is 13.8. The van der Waals surface area contributed by atoms with Crippen LogP contribution in [0.25, 0.3) is 11.1 Å². The molecule has 0 bridgehead atoms. The van der Waals surface area contributed by atoms with E-state index in [1.54, 1.807) is 7.05 Å². The number of likely N-dealkylation sites (N-methyl/N-ethyl adjacent to an activating group) is 1. The minimum Gasteiger partial charge on any atom is -0.444 e. The number of carbonyl (C=O) groups excluding carboxylic acids is 1. The summed E-state index contributed by atoms with van der Waals surface area (Å²) < 4.78 is 33.0. The highest BCUT2D eigenvalue weighted by Gasteiger charge is 2.26. The van der Waals surface area contributed by atoms with Crippen molar-refractivity contribution in [3.05, 3.63) is 53.1 Å². The van der Waals surface area contributed by atoms with Gasteiger partial charge in [-0.15, -0.1) is 0 Å². The average Bonchev–Trinajstić information content (AvgIpc) is 2.98. The number of rotatable bonds is 3. The van der Waals surface area contributed by atoms with Crippen molar-refractivity contribution in [1.29, 1.82) is 0 Å². The molecule has 0 radical (unpaired) electrons. The topological polar surface area (TPSA) is 32.8 Å². The van der Waals surface area contributed by atoms with Gasteiger partial charge in [-0.2, -0.15) is 0 Å². The van der Waals surface area contributed by atoms with Crippen LogP contribution in [-0.4, -0.2) is 44.3 Å². The average molecular weight is 381 g/mol. The molecule has 7 heteroatoms. The van der Waals surface area contributed by atoms with Crippen molar-refractivity contribution in [2.45, 2.75) is 12.5 Å². The third kappa shape index (κ3) is 4.14. The Kier molecular flexibility index (Phi) is 5.44. The van der Waals surface area contributed by atoms with Gasteiger partial charge in [0.2, 0.25) is 0 Å². The van der Waals surface area contributed by atoms with Crippen molar-refractivity contribution >= 4 is 23.4 Å². The van der Waals surface area contributed by atoms with Gasteiger partial charge in [-0.05, 0) is 55.4 Å². The van der Waals surface area contributed by atoms with Crippen LogP contribution < -0.4 is 4.90 Å². The molecule has 138 valence electrons.